The number of hydrogen-bond acceptors (Lipinski definition) is 5. The van der Waals surface area contributed by atoms with Gasteiger partial charge in [-0.15, -0.1) is 0 Å². The van der Waals surface area contributed by atoms with Crippen LogP contribution in [0.4, 0.5) is 9.18 Å². The molecule has 1 aliphatic heterocycles. The molecule has 0 saturated carbocycles. The molecular formula is C21H20FN3O5. The van der Waals surface area contributed by atoms with Gasteiger partial charge in [0.15, 0.2) is 5.54 Å². The molecule has 4 amide bonds. The summed E-state index contributed by atoms with van der Waals surface area (Å²) in [6.07, 6.45) is -2.62. The molecule has 1 aliphatic rings. The summed E-state index contributed by atoms with van der Waals surface area (Å²) in [6, 6.07) is 15.7. The van der Waals surface area contributed by atoms with Crippen molar-refractivity contribution in [2.75, 3.05) is 13.2 Å². The topological polar surface area (TPSA) is 105 Å². The van der Waals surface area contributed by atoms with Crippen molar-refractivity contribution in [2.45, 2.75) is 18.8 Å². The van der Waals surface area contributed by atoms with Gasteiger partial charge in [0, 0.05) is 0 Å². The number of benzene rings is 2. The van der Waals surface area contributed by atoms with Crippen LogP contribution in [0.2, 0.25) is 0 Å². The van der Waals surface area contributed by atoms with Crippen LogP contribution in [0.15, 0.2) is 60.7 Å². The number of esters is 1. The molecule has 0 bridgehead atoms. The quantitative estimate of drug-likeness (QED) is 0.406. The highest BCUT2D eigenvalue weighted by Crippen LogP contribution is 2.36. The van der Waals surface area contributed by atoms with Crippen molar-refractivity contribution in [3.63, 3.8) is 0 Å². The van der Waals surface area contributed by atoms with Crippen molar-refractivity contribution in [2.24, 2.45) is 0 Å². The molecule has 30 heavy (non-hydrogen) atoms. The van der Waals surface area contributed by atoms with Crippen LogP contribution in [-0.4, -0.2) is 48.2 Å². The van der Waals surface area contributed by atoms with E-state index < -0.39 is 42.2 Å². The highest BCUT2D eigenvalue weighted by molar-refractivity contribution is 6.11. The first-order valence-electron chi connectivity index (χ1n) is 9.26. The Kier molecular flexibility index (Phi) is 6.10. The van der Waals surface area contributed by atoms with Gasteiger partial charge in [0.25, 0.3) is 18.1 Å². The molecule has 1 fully saturated rings. The van der Waals surface area contributed by atoms with Crippen LogP contribution in [0.1, 0.15) is 18.1 Å². The first-order valence-corrected chi connectivity index (χ1v) is 9.26. The maximum atomic E-state index is 14.9. The van der Waals surface area contributed by atoms with Crippen LogP contribution in [0.5, 0.6) is 0 Å². The minimum absolute atomic E-state index is 0.0947. The molecule has 0 aromatic heterocycles. The summed E-state index contributed by atoms with van der Waals surface area (Å²) in [5.74, 6) is -3.01. The molecule has 156 valence electrons. The number of carbonyl (C=O) groups is 4. The van der Waals surface area contributed by atoms with E-state index in [2.05, 4.69) is 10.1 Å². The van der Waals surface area contributed by atoms with E-state index in [-0.39, 0.29) is 11.5 Å². The Morgan fingerprint density at radius 3 is 2.10 bits per heavy atom. The van der Waals surface area contributed by atoms with E-state index in [9.17, 15) is 23.6 Å². The van der Waals surface area contributed by atoms with Gasteiger partial charge in [-0.25, -0.2) is 14.1 Å². The molecule has 1 unspecified atom stereocenters. The molecule has 0 radical (unpaired) electrons. The second-order valence-electron chi connectivity index (χ2n) is 6.45. The van der Waals surface area contributed by atoms with E-state index in [1.165, 1.54) is 0 Å². The van der Waals surface area contributed by atoms with Gasteiger partial charge in [-0.2, -0.15) is 0 Å². The van der Waals surface area contributed by atoms with Crippen LogP contribution < -0.4 is 10.6 Å². The van der Waals surface area contributed by atoms with Gasteiger partial charge in [0.05, 0.1) is 6.61 Å². The number of nitrogens with one attached hydrogen (secondary N) is 2. The van der Waals surface area contributed by atoms with Crippen LogP contribution in [0, 0.1) is 0 Å². The summed E-state index contributed by atoms with van der Waals surface area (Å²) < 4.78 is 19.5. The fourth-order valence-corrected chi connectivity index (χ4v) is 3.26. The molecule has 1 atom stereocenters. The number of ether oxygens (including phenoxy) is 1. The van der Waals surface area contributed by atoms with Crippen molar-refractivity contribution in [1.82, 2.24) is 15.5 Å². The van der Waals surface area contributed by atoms with Gasteiger partial charge in [-0.05, 0) is 18.1 Å². The second-order valence-corrected chi connectivity index (χ2v) is 6.45. The Morgan fingerprint density at radius 1 is 1.07 bits per heavy atom. The lowest BCUT2D eigenvalue weighted by molar-refractivity contribution is -0.146. The minimum Gasteiger partial charge on any atom is -0.465 e. The van der Waals surface area contributed by atoms with E-state index in [1.807, 2.05) is 5.32 Å². The molecule has 1 saturated heterocycles. The molecule has 2 aromatic rings. The van der Waals surface area contributed by atoms with Gasteiger partial charge in [0.2, 0.25) is 0 Å². The fourth-order valence-electron chi connectivity index (χ4n) is 3.26. The number of amides is 4. The number of halogens is 1. The van der Waals surface area contributed by atoms with Gasteiger partial charge in [0.1, 0.15) is 6.54 Å². The summed E-state index contributed by atoms with van der Waals surface area (Å²) in [7, 11) is 0. The predicted molar refractivity (Wildman–Crippen MR) is 104 cm³/mol. The Labute approximate surface area is 172 Å². The third-order valence-electron chi connectivity index (χ3n) is 4.62. The average Bonchev–Trinajstić information content (AvgIpc) is 3.04. The largest absolute Gasteiger partial charge is 0.465 e. The lowest BCUT2D eigenvalue weighted by Gasteiger charge is -2.28. The van der Waals surface area contributed by atoms with Gasteiger partial charge < -0.3 is 15.4 Å². The average molecular weight is 413 g/mol. The summed E-state index contributed by atoms with van der Waals surface area (Å²) in [5.41, 5.74) is -0.863. The zero-order valence-electron chi connectivity index (χ0n) is 16.1. The molecule has 2 aromatic carbocycles. The standard InChI is InChI=1S/C21H20FN3O5/c1-2-30-16(26)13-23-18(27)17(22)25-19(28)21(24-20(25)29,14-9-5-3-6-10-14)15-11-7-4-8-12-15/h3-12,17H,2,13H2,1H3,(H,23,27)(H,24,29). The molecule has 3 rings (SSSR count). The maximum absolute atomic E-state index is 14.9. The highest BCUT2D eigenvalue weighted by Gasteiger charge is 2.57. The second kappa shape index (κ2) is 8.73. The fraction of sp³-hybridized carbons (Fsp3) is 0.238. The summed E-state index contributed by atoms with van der Waals surface area (Å²) >= 11 is 0. The van der Waals surface area contributed by atoms with Crippen molar-refractivity contribution < 1.29 is 28.3 Å². The van der Waals surface area contributed by atoms with Crippen LogP contribution in [0.3, 0.4) is 0 Å². The minimum atomic E-state index is -2.62. The Balaban J connectivity index is 1.92. The monoisotopic (exact) mass is 413 g/mol. The highest BCUT2D eigenvalue weighted by atomic mass is 19.1. The summed E-state index contributed by atoms with van der Waals surface area (Å²) in [4.78, 5) is 49.7. The van der Waals surface area contributed by atoms with Gasteiger partial charge in [-0.1, -0.05) is 60.7 Å². The maximum Gasteiger partial charge on any atom is 0.328 e. The Bertz CT molecular complexity index is 912. The number of urea groups is 1. The molecule has 0 spiro atoms. The third kappa shape index (κ3) is 3.73. The number of carbonyl (C=O) groups excluding carboxylic acids is 4. The van der Waals surface area contributed by atoms with Crippen molar-refractivity contribution in [1.29, 1.82) is 0 Å². The molecular weight excluding hydrogens is 393 g/mol. The Morgan fingerprint density at radius 2 is 1.60 bits per heavy atom. The molecule has 8 nitrogen and oxygen atoms in total. The van der Waals surface area contributed by atoms with Gasteiger partial charge >= 0.3 is 12.0 Å². The number of alkyl halides is 1. The van der Waals surface area contributed by atoms with E-state index in [1.54, 1.807) is 67.6 Å². The molecule has 0 aliphatic carbocycles. The predicted octanol–water partition coefficient (Wildman–Crippen LogP) is 1.46. The van der Waals surface area contributed by atoms with E-state index in [0.29, 0.717) is 11.1 Å². The number of nitrogens with zero attached hydrogens (tertiary/aromatic N) is 1. The van der Waals surface area contributed by atoms with Gasteiger partial charge in [-0.3, -0.25) is 14.4 Å². The van der Waals surface area contributed by atoms with Crippen LogP contribution in [0.25, 0.3) is 0 Å². The van der Waals surface area contributed by atoms with Crippen molar-refractivity contribution in [3.05, 3.63) is 71.8 Å². The molecule has 2 N–H and O–H groups in total. The Hall–Kier alpha value is -3.75. The lowest BCUT2D eigenvalue weighted by atomic mass is 9.82. The summed E-state index contributed by atoms with van der Waals surface area (Å²) in [6.45, 7) is 1.09. The normalized spacial score (nSPS) is 16.0. The lowest BCUT2D eigenvalue weighted by Crippen LogP contribution is -2.50. The first-order chi connectivity index (χ1) is 14.4. The smallest absolute Gasteiger partial charge is 0.328 e. The number of hydrogen-bond donors (Lipinski definition) is 2. The number of imide groups is 1. The van der Waals surface area contributed by atoms with Crippen molar-refractivity contribution >= 4 is 23.8 Å². The zero-order chi connectivity index (χ0) is 21.7. The van der Waals surface area contributed by atoms with Crippen molar-refractivity contribution in [3.8, 4) is 0 Å². The third-order valence-corrected chi connectivity index (χ3v) is 4.62. The summed E-state index contributed by atoms with van der Waals surface area (Å²) in [5, 5.41) is 4.58. The van der Waals surface area contributed by atoms with E-state index in [4.69, 9.17) is 0 Å². The van der Waals surface area contributed by atoms with Crippen LogP contribution >= 0.6 is 0 Å². The molecule has 1 heterocycles. The molecule has 9 heteroatoms. The van der Waals surface area contributed by atoms with Crippen LogP contribution in [-0.2, 0) is 24.7 Å². The van der Waals surface area contributed by atoms with E-state index >= 15 is 0 Å². The SMILES string of the molecule is CCOC(=O)CNC(=O)C(F)N1C(=O)NC(c2ccccc2)(c2ccccc2)C1=O. The first kappa shape index (κ1) is 21.0. The zero-order valence-corrected chi connectivity index (χ0v) is 16.1. The van der Waals surface area contributed by atoms with E-state index in [0.717, 1.165) is 0 Å². The number of rotatable bonds is 7.